The minimum Gasteiger partial charge on any atom is -0.508 e. The van der Waals surface area contributed by atoms with E-state index in [9.17, 15) is 39.3 Å². The lowest BCUT2D eigenvalue weighted by atomic mass is 9.77. The van der Waals surface area contributed by atoms with Crippen molar-refractivity contribution in [2.24, 2.45) is 0 Å². The number of hydrogen-bond acceptors (Lipinski definition) is 16. The molecule has 1 atom stereocenters. The zero-order valence-electron chi connectivity index (χ0n) is 53.1. The Balaban J connectivity index is 0.000000128. The highest BCUT2D eigenvalue weighted by Crippen LogP contribution is 2.59. The Hall–Kier alpha value is -12.6. The Morgan fingerprint density at radius 3 is 1.67 bits per heavy atom. The molecule has 0 fully saturated rings. The lowest BCUT2D eigenvalue weighted by Gasteiger charge is -2.37. The molecule has 3 aliphatic heterocycles. The van der Waals surface area contributed by atoms with Gasteiger partial charge in [0.05, 0.1) is 29.4 Å². The van der Waals surface area contributed by atoms with Gasteiger partial charge in [-0.05, 0) is 113 Å². The number of phenolic OH excluding ortho intramolecular Hbond substituents is 4. The highest BCUT2D eigenvalue weighted by atomic mass is 16.6. The van der Waals surface area contributed by atoms with Crippen LogP contribution in [0, 0.1) is 0 Å². The molecule has 96 heavy (non-hydrogen) atoms. The Morgan fingerprint density at radius 1 is 0.458 bits per heavy atom. The van der Waals surface area contributed by atoms with Crippen LogP contribution >= 0.6 is 0 Å². The molecule has 1 aliphatic carbocycles. The van der Waals surface area contributed by atoms with E-state index in [0.717, 1.165) is 88.6 Å². The quantitative estimate of drug-likeness (QED) is 0.0411. The van der Waals surface area contributed by atoms with Gasteiger partial charge in [0, 0.05) is 132 Å². The summed E-state index contributed by atoms with van der Waals surface area (Å²) in [6, 6.07) is 65.5. The van der Waals surface area contributed by atoms with Crippen LogP contribution in [-0.4, -0.2) is 98.6 Å². The van der Waals surface area contributed by atoms with Crippen molar-refractivity contribution in [1.82, 2.24) is 0 Å². The van der Waals surface area contributed by atoms with E-state index in [1.54, 1.807) is 42.5 Å². The van der Waals surface area contributed by atoms with Crippen LogP contribution in [0.5, 0.6) is 34.5 Å². The molecule has 17 heteroatoms. The van der Waals surface area contributed by atoms with Crippen molar-refractivity contribution in [2.75, 3.05) is 64.1 Å². The maximum absolute atomic E-state index is 12.9. The van der Waals surface area contributed by atoms with E-state index >= 15 is 0 Å². The Kier molecular flexibility index (Phi) is 17.1. The first kappa shape index (κ1) is 63.5. The molecule has 3 heterocycles. The fraction of sp³-hybridized carbons (Fsp3) is 0.101. The van der Waals surface area contributed by atoms with Crippen LogP contribution < -0.4 is 24.9 Å². The number of fused-ring (bicyclic) bond motifs is 13. The van der Waals surface area contributed by atoms with E-state index < -0.39 is 29.1 Å². The Bertz CT molecular complexity index is 5300. The second-order valence-electron chi connectivity index (χ2n) is 23.4. The zero-order valence-corrected chi connectivity index (χ0v) is 53.1. The number of phenols is 4. The van der Waals surface area contributed by atoms with Crippen molar-refractivity contribution >= 4 is 84.0 Å². The number of carbonyl (C=O) groups is 4. The molecule has 1 unspecified atom stereocenters. The van der Waals surface area contributed by atoms with Crippen LogP contribution in [0.4, 0.5) is 17.1 Å². The smallest absolute Gasteiger partial charge is 0.340 e. The summed E-state index contributed by atoms with van der Waals surface area (Å²) >= 11 is 0. The third-order valence-corrected chi connectivity index (χ3v) is 16.9. The van der Waals surface area contributed by atoms with Gasteiger partial charge in [-0.2, -0.15) is 0 Å². The second kappa shape index (κ2) is 25.8. The number of nitrogens with zero attached hydrogens (tertiary/aromatic N) is 3. The van der Waals surface area contributed by atoms with Gasteiger partial charge in [-0.25, -0.2) is 14.4 Å². The maximum Gasteiger partial charge on any atom is 0.340 e. The number of rotatable bonds is 8. The van der Waals surface area contributed by atoms with Gasteiger partial charge in [0.1, 0.15) is 45.8 Å². The number of carboxylic acid groups (broad SMARTS) is 1. The summed E-state index contributed by atoms with van der Waals surface area (Å²) in [4.78, 5) is 67.0. The zero-order chi connectivity index (χ0) is 67.9. The van der Waals surface area contributed by atoms with Crippen LogP contribution in [0.3, 0.4) is 0 Å². The summed E-state index contributed by atoms with van der Waals surface area (Å²) in [6.45, 7) is 0. The van der Waals surface area contributed by atoms with E-state index in [1.165, 1.54) is 55.6 Å². The van der Waals surface area contributed by atoms with Crippen molar-refractivity contribution < 1.29 is 63.3 Å². The molecule has 0 bridgehead atoms. The molecule has 4 aliphatic rings. The average Bonchev–Trinajstić information content (AvgIpc) is 1.41. The predicted octanol–water partition coefficient (Wildman–Crippen LogP) is 15.4. The lowest BCUT2D eigenvalue weighted by molar-refractivity contribution is 0.0224. The van der Waals surface area contributed by atoms with Crippen LogP contribution in [-0.2, 0) is 15.1 Å². The van der Waals surface area contributed by atoms with Crippen LogP contribution in [0.15, 0.2) is 234 Å². The van der Waals surface area contributed by atoms with Crippen molar-refractivity contribution in [3.05, 3.63) is 279 Å². The first-order valence-corrected chi connectivity index (χ1v) is 30.3. The van der Waals surface area contributed by atoms with Crippen molar-refractivity contribution in [3.8, 4) is 56.9 Å². The van der Waals surface area contributed by atoms with Crippen molar-refractivity contribution in [2.45, 2.75) is 5.60 Å². The summed E-state index contributed by atoms with van der Waals surface area (Å²) < 4.78 is 24.0. The van der Waals surface area contributed by atoms with Crippen LogP contribution in [0.25, 0.3) is 65.7 Å². The number of methoxy groups -OCH3 is 1. The molecule has 17 nitrogen and oxygen atoms in total. The SMILES string of the molecule is CN(C)c1cccc2ccc3c(c12)Oc1cc(O)ccc1C31OC(=O)c2ccccc21.CN(C)c1cccc2cccc(O)c12.COC(=O)c1ccccc1-c1c2ccc(=O)cc-2oc2c1ccc1cccc(N(C)C)c12.O=C(O)c1ccccc1C(=O)c1ccc(O)cc1O. The molecule has 11 aromatic rings. The standard InChI is InChI=1S/C27H21NO4.C26H19NO4.C14H10O5.C12H13NO/c1-28(2)22-10-6-7-16-11-13-21-25(18-8-4-5-9-19(18)27(30)31-3)20-14-12-17(29)15-23(20)32-26(21)24(16)22;1-27(2)21-9-5-6-15-10-12-20-24(23(15)21)30-22-14-16(28)11-13-19(22)26(20)18-8-4-3-7-17(18)25(29)31-26;15-8-5-6-11(12(16)7-8)13(17)9-3-1-2-4-10(9)14(18)19;1-13(2)10-7-3-5-9-6-4-8-11(14)12(9)10/h4-15H,1-3H3;3-14,28H,1-2H3;1-7,15-16H,(H,18,19);3-8,14H,1-2H3. The van der Waals surface area contributed by atoms with Gasteiger partial charge in [-0.1, -0.05) is 115 Å². The maximum atomic E-state index is 12.9. The number of anilines is 3. The van der Waals surface area contributed by atoms with E-state index in [2.05, 4.69) is 6.07 Å². The summed E-state index contributed by atoms with van der Waals surface area (Å²) in [7, 11) is 13.3. The highest BCUT2D eigenvalue weighted by molar-refractivity contribution is 6.18. The minimum atomic E-state index is -1.22. The van der Waals surface area contributed by atoms with E-state index in [1.807, 2.05) is 178 Å². The van der Waals surface area contributed by atoms with Gasteiger partial charge in [0.2, 0.25) is 0 Å². The summed E-state index contributed by atoms with van der Waals surface area (Å²) in [6.07, 6.45) is 0. The third kappa shape index (κ3) is 11.4. The monoisotopic (exact) mass is 1280 g/mol. The molecule has 5 N–H and O–H groups in total. The second-order valence-corrected chi connectivity index (χ2v) is 23.4. The molecule has 0 saturated carbocycles. The molecule has 0 saturated heterocycles. The Morgan fingerprint density at radius 2 is 1.01 bits per heavy atom. The van der Waals surface area contributed by atoms with Crippen molar-refractivity contribution in [1.29, 1.82) is 0 Å². The van der Waals surface area contributed by atoms with Gasteiger partial charge < -0.3 is 58.9 Å². The lowest BCUT2D eigenvalue weighted by Crippen LogP contribution is -2.33. The first-order valence-electron chi connectivity index (χ1n) is 30.3. The van der Waals surface area contributed by atoms with Crippen molar-refractivity contribution in [3.63, 3.8) is 0 Å². The average molecular weight is 1280 g/mol. The van der Waals surface area contributed by atoms with Gasteiger partial charge in [0.15, 0.2) is 16.8 Å². The largest absolute Gasteiger partial charge is 0.508 e. The summed E-state index contributed by atoms with van der Waals surface area (Å²) in [5, 5.41) is 54.5. The van der Waals surface area contributed by atoms with E-state index in [0.29, 0.717) is 45.3 Å². The minimum absolute atomic E-state index is 0.0176. The number of hydrogen-bond donors (Lipinski definition) is 5. The number of ether oxygens (including phenoxy) is 3. The molecular weight excluding hydrogens is 1210 g/mol. The normalized spacial score (nSPS) is 13.1. The molecule has 478 valence electrons. The fourth-order valence-electron chi connectivity index (χ4n) is 12.6. The summed E-state index contributed by atoms with van der Waals surface area (Å²) in [5.74, 6) is -1.21. The van der Waals surface area contributed by atoms with Crippen LogP contribution in [0.2, 0.25) is 0 Å². The van der Waals surface area contributed by atoms with Gasteiger partial charge in [0.25, 0.3) is 0 Å². The number of carbonyl (C=O) groups excluding carboxylic acids is 3. The Labute approximate surface area is 550 Å². The topological polar surface area (TPSA) is 237 Å². The number of ketones is 1. The third-order valence-electron chi connectivity index (χ3n) is 16.9. The number of carboxylic acids is 1. The predicted molar refractivity (Wildman–Crippen MR) is 372 cm³/mol. The first-order chi connectivity index (χ1) is 46.2. The number of aromatic hydroxyl groups is 4. The number of aromatic carboxylic acids is 1. The number of esters is 2. The highest BCUT2D eigenvalue weighted by Gasteiger charge is 2.54. The molecule has 0 radical (unpaired) electrons. The molecule has 1 spiro atoms. The van der Waals surface area contributed by atoms with Gasteiger partial charge in [-0.15, -0.1) is 0 Å². The molecule has 11 aromatic carbocycles. The summed E-state index contributed by atoms with van der Waals surface area (Å²) in [5.41, 5.74) is 7.75. The van der Waals surface area contributed by atoms with Gasteiger partial charge in [-0.3, -0.25) is 9.59 Å². The molecule has 0 aromatic heterocycles. The van der Waals surface area contributed by atoms with E-state index in [-0.39, 0.29) is 39.6 Å². The van der Waals surface area contributed by atoms with E-state index in [4.69, 9.17) is 28.8 Å². The van der Waals surface area contributed by atoms with Gasteiger partial charge >= 0.3 is 17.9 Å². The van der Waals surface area contributed by atoms with Crippen LogP contribution in [0.1, 0.15) is 63.7 Å². The molecule has 15 rings (SSSR count). The number of benzene rings is 12. The molecule has 0 amide bonds. The fourth-order valence-corrected chi connectivity index (χ4v) is 12.6. The molecular formula is C79H63N3O14.